The van der Waals surface area contributed by atoms with Gasteiger partial charge in [0.2, 0.25) is 5.91 Å². The number of nitrogens with zero attached hydrogens (tertiary/aromatic N) is 4. The number of hydrogen-bond donors (Lipinski definition) is 2. The number of aryl methyl sites for hydroxylation is 1. The van der Waals surface area contributed by atoms with Crippen molar-refractivity contribution in [1.82, 2.24) is 30.0 Å². The van der Waals surface area contributed by atoms with E-state index >= 15 is 0 Å². The quantitative estimate of drug-likeness (QED) is 0.366. The summed E-state index contributed by atoms with van der Waals surface area (Å²) in [5, 5.41) is 8.90. The van der Waals surface area contributed by atoms with Crippen molar-refractivity contribution in [3.8, 4) is 11.3 Å². The van der Waals surface area contributed by atoms with Crippen molar-refractivity contribution in [3.63, 3.8) is 0 Å². The molecule has 1 spiro atoms. The Labute approximate surface area is 219 Å². The Hall–Kier alpha value is -3.00. The Morgan fingerprint density at radius 2 is 2.00 bits per heavy atom. The molecule has 0 unspecified atom stereocenters. The molecular formula is C29H40N6O2. The van der Waals surface area contributed by atoms with E-state index in [0.29, 0.717) is 18.6 Å². The molecule has 198 valence electrons. The number of nitrogens with one attached hydrogen (secondary N) is 2. The van der Waals surface area contributed by atoms with Crippen LogP contribution < -0.4 is 5.32 Å². The number of carbonyl (C=O) groups is 2. The molecule has 3 heterocycles. The van der Waals surface area contributed by atoms with Gasteiger partial charge in [-0.05, 0) is 69.8 Å². The number of piperidine rings is 1. The number of ketones is 1. The molecule has 2 aliphatic rings. The molecule has 0 radical (unpaired) electrons. The summed E-state index contributed by atoms with van der Waals surface area (Å²) in [6, 6.07) is 6.04. The number of rotatable bonds is 11. The van der Waals surface area contributed by atoms with E-state index in [4.69, 9.17) is 4.98 Å². The van der Waals surface area contributed by atoms with Crippen molar-refractivity contribution in [2.24, 2.45) is 18.4 Å². The molecule has 1 saturated carbocycles. The molecule has 8 heteroatoms. The van der Waals surface area contributed by atoms with Crippen LogP contribution >= 0.6 is 0 Å². The van der Waals surface area contributed by atoms with Crippen LogP contribution in [0.25, 0.3) is 22.2 Å². The van der Waals surface area contributed by atoms with E-state index in [1.807, 2.05) is 37.1 Å². The summed E-state index contributed by atoms with van der Waals surface area (Å²) in [4.78, 5) is 35.6. The third-order valence-corrected chi connectivity index (χ3v) is 8.50. The third kappa shape index (κ3) is 5.79. The van der Waals surface area contributed by atoms with E-state index in [2.05, 4.69) is 39.5 Å². The maximum absolute atomic E-state index is 13.4. The Morgan fingerprint density at radius 1 is 1.19 bits per heavy atom. The standard InChI is InChI=1S/C29H40N6O2/c1-4-22(36)8-6-5-7-9-25(32-28(37)23-17-29(23)12-14-34(2)15-13-29)27-30-18-26(31-27)20-10-11-24-21(16-20)19-35(3)33-24/h10-11,16,18-19,23,25H,4-9,12-15,17H2,1-3H3,(H,30,31)(H,32,37)/t23-,25+/m1/s1. The first kappa shape index (κ1) is 25.6. The van der Waals surface area contributed by atoms with Crippen LogP contribution in [-0.2, 0) is 16.6 Å². The SMILES string of the molecule is CCC(=O)CCCCC[C@H](NC(=O)[C@H]1CC12CCN(C)CC2)c1ncc(-c2ccc3nn(C)cc3c2)[nH]1. The zero-order valence-corrected chi connectivity index (χ0v) is 22.4. The van der Waals surface area contributed by atoms with Gasteiger partial charge in [0.1, 0.15) is 11.6 Å². The normalized spacial score (nSPS) is 19.8. The second-order valence-corrected chi connectivity index (χ2v) is 11.2. The van der Waals surface area contributed by atoms with E-state index in [0.717, 1.165) is 86.0 Å². The Kier molecular flexibility index (Phi) is 7.47. The molecule has 5 rings (SSSR count). The molecule has 1 aromatic carbocycles. The minimum Gasteiger partial charge on any atom is -0.346 e. The minimum atomic E-state index is -0.158. The molecular weight excluding hydrogens is 464 g/mol. The van der Waals surface area contributed by atoms with Crippen LogP contribution in [0.4, 0.5) is 0 Å². The number of fused-ring (bicyclic) bond motifs is 1. The van der Waals surface area contributed by atoms with Crippen LogP contribution in [0.5, 0.6) is 0 Å². The lowest BCUT2D eigenvalue weighted by atomic mass is 9.91. The fourth-order valence-electron chi connectivity index (χ4n) is 5.89. The molecule has 1 aliphatic carbocycles. The van der Waals surface area contributed by atoms with Crippen molar-refractivity contribution in [3.05, 3.63) is 36.4 Å². The van der Waals surface area contributed by atoms with Crippen LogP contribution in [0.1, 0.15) is 76.6 Å². The topological polar surface area (TPSA) is 95.9 Å². The van der Waals surface area contributed by atoms with Gasteiger partial charge in [-0.15, -0.1) is 0 Å². The molecule has 37 heavy (non-hydrogen) atoms. The maximum Gasteiger partial charge on any atom is 0.224 e. The molecule has 2 atom stereocenters. The van der Waals surface area contributed by atoms with Crippen molar-refractivity contribution in [2.75, 3.05) is 20.1 Å². The highest BCUT2D eigenvalue weighted by atomic mass is 16.2. The van der Waals surface area contributed by atoms with Gasteiger partial charge in [-0.1, -0.05) is 25.8 Å². The number of likely N-dealkylation sites (tertiary alicyclic amines) is 1. The molecule has 1 amide bonds. The van der Waals surface area contributed by atoms with Crippen LogP contribution in [0.15, 0.2) is 30.6 Å². The number of unbranched alkanes of at least 4 members (excludes halogenated alkanes) is 2. The number of aromatic nitrogens is 4. The Balaban J connectivity index is 1.27. The number of benzene rings is 1. The summed E-state index contributed by atoms with van der Waals surface area (Å²) in [7, 11) is 4.09. The summed E-state index contributed by atoms with van der Waals surface area (Å²) in [5.41, 5.74) is 3.15. The van der Waals surface area contributed by atoms with Gasteiger partial charge < -0.3 is 15.2 Å². The van der Waals surface area contributed by atoms with Crippen LogP contribution in [-0.4, -0.2) is 56.5 Å². The molecule has 2 fully saturated rings. The predicted octanol–water partition coefficient (Wildman–Crippen LogP) is 4.78. The molecule has 0 bridgehead atoms. The molecule has 2 N–H and O–H groups in total. The van der Waals surface area contributed by atoms with Gasteiger partial charge in [-0.25, -0.2) is 4.98 Å². The van der Waals surface area contributed by atoms with Crippen molar-refractivity contribution >= 4 is 22.6 Å². The summed E-state index contributed by atoms with van der Waals surface area (Å²) in [5.74, 6) is 1.42. The van der Waals surface area contributed by atoms with Crippen LogP contribution in [0.2, 0.25) is 0 Å². The smallest absolute Gasteiger partial charge is 0.224 e. The van der Waals surface area contributed by atoms with E-state index in [1.165, 1.54) is 0 Å². The number of imidazole rings is 1. The van der Waals surface area contributed by atoms with Gasteiger partial charge in [0, 0.05) is 43.0 Å². The molecule has 1 saturated heterocycles. The minimum absolute atomic E-state index is 0.119. The summed E-state index contributed by atoms with van der Waals surface area (Å²) < 4.78 is 1.82. The lowest BCUT2D eigenvalue weighted by molar-refractivity contribution is -0.124. The summed E-state index contributed by atoms with van der Waals surface area (Å²) in [6.07, 6.45) is 12.0. The van der Waals surface area contributed by atoms with Crippen molar-refractivity contribution in [2.45, 2.75) is 70.8 Å². The number of carbonyl (C=O) groups excluding carboxylic acids is 2. The lowest BCUT2D eigenvalue weighted by Gasteiger charge is -2.30. The first-order chi connectivity index (χ1) is 17.9. The fourth-order valence-corrected chi connectivity index (χ4v) is 5.89. The Morgan fingerprint density at radius 3 is 2.78 bits per heavy atom. The number of Topliss-reactive ketones (excluding diaryl/α,β-unsaturated/α-hetero) is 1. The molecule has 3 aromatic rings. The molecule has 2 aromatic heterocycles. The predicted molar refractivity (Wildman–Crippen MR) is 145 cm³/mol. The van der Waals surface area contributed by atoms with Crippen molar-refractivity contribution < 1.29 is 9.59 Å². The maximum atomic E-state index is 13.4. The number of aromatic amines is 1. The average molecular weight is 505 g/mol. The van der Waals surface area contributed by atoms with Gasteiger partial charge in [-0.3, -0.25) is 14.3 Å². The number of amides is 1. The average Bonchev–Trinajstić information content (AvgIpc) is 3.19. The molecule has 8 nitrogen and oxygen atoms in total. The van der Waals surface area contributed by atoms with E-state index < -0.39 is 0 Å². The van der Waals surface area contributed by atoms with Gasteiger partial charge >= 0.3 is 0 Å². The van der Waals surface area contributed by atoms with E-state index in [9.17, 15) is 9.59 Å². The van der Waals surface area contributed by atoms with E-state index in [-0.39, 0.29) is 23.3 Å². The van der Waals surface area contributed by atoms with Crippen molar-refractivity contribution in [1.29, 1.82) is 0 Å². The van der Waals surface area contributed by atoms with Gasteiger partial charge in [0.15, 0.2) is 0 Å². The zero-order valence-electron chi connectivity index (χ0n) is 22.4. The highest BCUT2D eigenvalue weighted by Gasteiger charge is 2.58. The van der Waals surface area contributed by atoms with E-state index in [1.54, 1.807) is 0 Å². The Bertz CT molecular complexity index is 1250. The summed E-state index contributed by atoms with van der Waals surface area (Å²) in [6.45, 7) is 4.07. The van der Waals surface area contributed by atoms with Gasteiger partial charge in [-0.2, -0.15) is 5.10 Å². The zero-order chi connectivity index (χ0) is 26.0. The van der Waals surface area contributed by atoms with Crippen LogP contribution in [0, 0.1) is 11.3 Å². The second kappa shape index (κ2) is 10.8. The summed E-state index contributed by atoms with van der Waals surface area (Å²) >= 11 is 0. The number of H-pyrrole nitrogens is 1. The number of hydrogen-bond acceptors (Lipinski definition) is 5. The monoisotopic (exact) mass is 504 g/mol. The first-order valence-corrected chi connectivity index (χ1v) is 13.9. The molecule has 1 aliphatic heterocycles. The highest BCUT2D eigenvalue weighted by molar-refractivity contribution is 5.84. The third-order valence-electron chi connectivity index (χ3n) is 8.50. The highest BCUT2D eigenvalue weighted by Crippen LogP contribution is 2.59. The van der Waals surface area contributed by atoms with Crippen LogP contribution in [0.3, 0.4) is 0 Å². The first-order valence-electron chi connectivity index (χ1n) is 13.9. The largest absolute Gasteiger partial charge is 0.346 e. The second-order valence-electron chi connectivity index (χ2n) is 11.2. The van der Waals surface area contributed by atoms with Gasteiger partial charge in [0.05, 0.1) is 23.4 Å². The lowest BCUT2D eigenvalue weighted by Crippen LogP contribution is -2.36. The fraction of sp³-hybridized carbons (Fsp3) is 0.586. The van der Waals surface area contributed by atoms with Gasteiger partial charge in [0.25, 0.3) is 0 Å².